The van der Waals surface area contributed by atoms with Gasteiger partial charge in [0.1, 0.15) is 17.3 Å². The number of benzene rings is 3. The second kappa shape index (κ2) is 10.4. The minimum absolute atomic E-state index is 0.0542. The molecule has 3 aromatic carbocycles. The topological polar surface area (TPSA) is 93.7 Å². The molecule has 0 aliphatic rings. The van der Waals surface area contributed by atoms with Crippen LogP contribution >= 0.6 is 11.6 Å². The van der Waals surface area contributed by atoms with E-state index in [1.807, 2.05) is 30.3 Å². The SMILES string of the molecule is COc1c(NCC(=O)Nc2ccc(OCc3ccccc3)cc2)cc(Cl)cc1S(C)(=O)=O. The second-order valence-corrected chi connectivity index (χ2v) is 9.38. The summed E-state index contributed by atoms with van der Waals surface area (Å²) in [7, 11) is -2.21. The Morgan fingerprint density at radius 3 is 2.34 bits per heavy atom. The van der Waals surface area contributed by atoms with Crippen molar-refractivity contribution in [1.29, 1.82) is 0 Å². The lowest BCUT2D eigenvalue weighted by molar-refractivity contribution is -0.114. The average molecular weight is 475 g/mol. The molecule has 0 aliphatic heterocycles. The summed E-state index contributed by atoms with van der Waals surface area (Å²) in [4.78, 5) is 12.3. The largest absolute Gasteiger partial charge is 0.493 e. The molecule has 0 radical (unpaired) electrons. The predicted octanol–water partition coefficient (Wildman–Crippen LogP) is 4.38. The number of carbonyl (C=O) groups is 1. The van der Waals surface area contributed by atoms with E-state index in [4.69, 9.17) is 21.1 Å². The summed E-state index contributed by atoms with van der Waals surface area (Å²) in [6.45, 7) is 0.333. The van der Waals surface area contributed by atoms with E-state index >= 15 is 0 Å². The minimum atomic E-state index is -3.57. The first-order valence-corrected chi connectivity index (χ1v) is 11.9. The molecule has 168 valence electrons. The summed E-state index contributed by atoms with van der Waals surface area (Å²) in [6, 6.07) is 19.6. The highest BCUT2D eigenvalue weighted by Gasteiger charge is 2.19. The zero-order valence-corrected chi connectivity index (χ0v) is 19.2. The van der Waals surface area contributed by atoms with E-state index in [-0.39, 0.29) is 28.1 Å². The van der Waals surface area contributed by atoms with Crippen molar-refractivity contribution in [3.8, 4) is 11.5 Å². The van der Waals surface area contributed by atoms with Crippen molar-refractivity contribution < 1.29 is 22.7 Å². The standard InChI is InChI=1S/C23H23ClN2O5S/c1-30-23-20(12-17(24)13-21(23)32(2,28)29)25-14-22(27)26-18-8-10-19(11-9-18)31-15-16-6-4-3-5-7-16/h3-13,25H,14-15H2,1-2H3,(H,26,27). The molecule has 0 fully saturated rings. The highest BCUT2D eigenvalue weighted by molar-refractivity contribution is 7.90. The molecule has 3 rings (SSSR count). The predicted molar refractivity (Wildman–Crippen MR) is 125 cm³/mol. The quantitative estimate of drug-likeness (QED) is 0.478. The molecular formula is C23H23ClN2O5S. The molecule has 0 aliphatic carbocycles. The molecule has 0 spiro atoms. The van der Waals surface area contributed by atoms with Crippen molar-refractivity contribution in [3.05, 3.63) is 77.3 Å². The molecule has 7 nitrogen and oxygen atoms in total. The molecule has 32 heavy (non-hydrogen) atoms. The maximum atomic E-state index is 12.4. The van der Waals surface area contributed by atoms with Crippen LogP contribution in [0.15, 0.2) is 71.6 Å². The van der Waals surface area contributed by atoms with Crippen LogP contribution in [-0.2, 0) is 21.2 Å². The van der Waals surface area contributed by atoms with Gasteiger partial charge in [0.25, 0.3) is 0 Å². The number of methoxy groups -OCH3 is 1. The van der Waals surface area contributed by atoms with Crippen molar-refractivity contribution >= 4 is 38.7 Å². The van der Waals surface area contributed by atoms with E-state index in [2.05, 4.69) is 10.6 Å². The summed E-state index contributed by atoms with van der Waals surface area (Å²) in [5, 5.41) is 5.85. The second-order valence-electron chi connectivity index (χ2n) is 6.96. The molecule has 0 bridgehead atoms. The third-order valence-corrected chi connectivity index (χ3v) is 5.77. The smallest absolute Gasteiger partial charge is 0.243 e. The van der Waals surface area contributed by atoms with Gasteiger partial charge in [-0.25, -0.2) is 8.42 Å². The number of anilines is 2. The highest BCUT2D eigenvalue weighted by Crippen LogP contribution is 2.35. The first-order valence-electron chi connectivity index (χ1n) is 9.64. The van der Waals surface area contributed by atoms with Crippen LogP contribution in [0.1, 0.15) is 5.56 Å². The van der Waals surface area contributed by atoms with Gasteiger partial charge in [-0.2, -0.15) is 0 Å². The normalized spacial score (nSPS) is 11.0. The van der Waals surface area contributed by atoms with Crippen molar-refractivity contribution in [2.24, 2.45) is 0 Å². The van der Waals surface area contributed by atoms with Gasteiger partial charge in [0.15, 0.2) is 15.6 Å². The number of halogens is 1. The molecular weight excluding hydrogens is 452 g/mol. The van der Waals surface area contributed by atoms with E-state index < -0.39 is 9.84 Å². The zero-order chi connectivity index (χ0) is 23.1. The summed E-state index contributed by atoms with van der Waals surface area (Å²) >= 11 is 6.04. The summed E-state index contributed by atoms with van der Waals surface area (Å²) in [5.41, 5.74) is 1.96. The monoisotopic (exact) mass is 474 g/mol. The average Bonchev–Trinajstić information content (AvgIpc) is 2.77. The fourth-order valence-electron chi connectivity index (χ4n) is 2.94. The molecule has 0 saturated heterocycles. The lowest BCUT2D eigenvalue weighted by Crippen LogP contribution is -2.22. The zero-order valence-electron chi connectivity index (χ0n) is 17.6. The number of nitrogens with one attached hydrogen (secondary N) is 2. The van der Waals surface area contributed by atoms with Crippen LogP contribution in [0, 0.1) is 0 Å². The Kier molecular flexibility index (Phi) is 7.61. The van der Waals surface area contributed by atoms with E-state index in [0.717, 1.165) is 11.8 Å². The minimum Gasteiger partial charge on any atom is -0.493 e. The van der Waals surface area contributed by atoms with Crippen molar-refractivity contribution in [2.75, 3.05) is 30.5 Å². The van der Waals surface area contributed by atoms with Gasteiger partial charge in [-0.05, 0) is 42.0 Å². The van der Waals surface area contributed by atoms with Crippen LogP contribution < -0.4 is 20.1 Å². The maximum absolute atomic E-state index is 12.4. The fourth-order valence-corrected chi connectivity index (χ4v) is 4.10. The molecule has 3 aromatic rings. The Morgan fingerprint density at radius 1 is 1.03 bits per heavy atom. The van der Waals surface area contributed by atoms with Gasteiger partial charge >= 0.3 is 0 Å². The Bertz CT molecular complexity index is 1180. The van der Waals surface area contributed by atoms with Crippen LogP contribution in [0.3, 0.4) is 0 Å². The molecule has 0 aromatic heterocycles. The van der Waals surface area contributed by atoms with Gasteiger partial charge in [-0.15, -0.1) is 0 Å². The van der Waals surface area contributed by atoms with E-state index in [0.29, 0.717) is 23.7 Å². The van der Waals surface area contributed by atoms with Gasteiger partial charge in [-0.3, -0.25) is 4.79 Å². The third-order valence-electron chi connectivity index (χ3n) is 4.45. The molecule has 1 amide bonds. The number of ether oxygens (including phenoxy) is 2. The number of hydrogen-bond acceptors (Lipinski definition) is 6. The maximum Gasteiger partial charge on any atom is 0.243 e. The molecule has 0 atom stereocenters. The highest BCUT2D eigenvalue weighted by atomic mass is 35.5. The number of rotatable bonds is 9. The molecule has 0 heterocycles. The first-order chi connectivity index (χ1) is 15.3. The van der Waals surface area contributed by atoms with Crippen LogP contribution in [0.25, 0.3) is 0 Å². The molecule has 0 saturated carbocycles. The van der Waals surface area contributed by atoms with Crippen molar-refractivity contribution in [2.45, 2.75) is 11.5 Å². The van der Waals surface area contributed by atoms with E-state index in [1.54, 1.807) is 24.3 Å². The molecule has 9 heteroatoms. The number of carbonyl (C=O) groups excluding carboxylic acids is 1. The van der Waals surface area contributed by atoms with E-state index in [1.165, 1.54) is 19.2 Å². The third kappa shape index (κ3) is 6.38. The lowest BCUT2D eigenvalue weighted by Gasteiger charge is -2.15. The van der Waals surface area contributed by atoms with Gasteiger partial charge < -0.3 is 20.1 Å². The fraction of sp³-hybridized carbons (Fsp3) is 0.174. The number of amides is 1. The van der Waals surface area contributed by atoms with E-state index in [9.17, 15) is 13.2 Å². The Morgan fingerprint density at radius 2 is 1.72 bits per heavy atom. The molecule has 2 N–H and O–H groups in total. The van der Waals surface area contributed by atoms with Crippen LogP contribution in [-0.4, -0.2) is 34.2 Å². The molecule has 0 unspecified atom stereocenters. The Labute approximate surface area is 192 Å². The number of hydrogen-bond donors (Lipinski definition) is 2. The van der Waals surface area contributed by atoms with Crippen molar-refractivity contribution in [1.82, 2.24) is 0 Å². The summed E-state index contributed by atoms with van der Waals surface area (Å²) in [6.07, 6.45) is 1.06. The van der Waals surface area contributed by atoms with Gasteiger partial charge in [0, 0.05) is 17.0 Å². The summed E-state index contributed by atoms with van der Waals surface area (Å²) < 4.78 is 35.0. The van der Waals surface area contributed by atoms with Crippen LogP contribution in [0.4, 0.5) is 11.4 Å². The summed E-state index contributed by atoms with van der Waals surface area (Å²) in [5.74, 6) is 0.456. The lowest BCUT2D eigenvalue weighted by atomic mass is 10.2. The van der Waals surface area contributed by atoms with Gasteiger partial charge in [-0.1, -0.05) is 41.9 Å². The number of sulfone groups is 1. The van der Waals surface area contributed by atoms with Gasteiger partial charge in [0.2, 0.25) is 5.91 Å². The van der Waals surface area contributed by atoms with Crippen LogP contribution in [0.2, 0.25) is 5.02 Å². The van der Waals surface area contributed by atoms with Crippen molar-refractivity contribution in [3.63, 3.8) is 0 Å². The van der Waals surface area contributed by atoms with Crippen LogP contribution in [0.5, 0.6) is 11.5 Å². The first kappa shape index (κ1) is 23.4. The Balaban J connectivity index is 1.59. The Hall–Kier alpha value is -3.23. The van der Waals surface area contributed by atoms with Gasteiger partial charge in [0.05, 0.1) is 19.3 Å².